The Bertz CT molecular complexity index is 787. The van der Waals surface area contributed by atoms with Crippen LogP contribution >= 0.6 is 0 Å². The molecule has 124 valence electrons. The van der Waals surface area contributed by atoms with Crippen LogP contribution in [-0.2, 0) is 6.61 Å². The Morgan fingerprint density at radius 1 is 1.04 bits per heavy atom. The lowest BCUT2D eigenvalue weighted by molar-refractivity contribution is -0.385. The summed E-state index contributed by atoms with van der Waals surface area (Å²) in [6, 6.07) is 8.00. The maximum absolute atomic E-state index is 11.0. The summed E-state index contributed by atoms with van der Waals surface area (Å²) in [6.07, 6.45) is 0.362. The summed E-state index contributed by atoms with van der Waals surface area (Å²) in [7, 11) is 1.34. The number of carbonyl (C=O) groups is 1. The molecule has 0 atom stereocenters. The molecule has 0 heterocycles. The van der Waals surface area contributed by atoms with E-state index in [0.29, 0.717) is 11.8 Å². The van der Waals surface area contributed by atoms with Gasteiger partial charge in [0.2, 0.25) is 0 Å². The van der Waals surface area contributed by atoms with E-state index in [4.69, 9.17) is 9.47 Å². The molecule has 2 rings (SSSR count). The summed E-state index contributed by atoms with van der Waals surface area (Å²) in [5.74, 6) is 0.262. The second-order valence-electron chi connectivity index (χ2n) is 4.65. The van der Waals surface area contributed by atoms with Crippen LogP contribution in [-0.4, -0.2) is 23.2 Å². The van der Waals surface area contributed by atoms with Gasteiger partial charge in [-0.05, 0) is 17.7 Å². The van der Waals surface area contributed by atoms with E-state index in [1.807, 2.05) is 0 Å². The van der Waals surface area contributed by atoms with Gasteiger partial charge in [-0.2, -0.15) is 0 Å². The lowest BCUT2D eigenvalue weighted by atomic mass is 10.1. The Labute approximate surface area is 135 Å². The number of methoxy groups -OCH3 is 1. The quantitative estimate of drug-likeness (QED) is 0.434. The standard InChI is InChI=1S/C15H12N2O7/c1-23-14-6-11(8-18)13(17(21)22)7-15(14)24-9-10-2-4-12(5-3-10)16(19)20/h2-8H,9H2,1H3. The Morgan fingerprint density at radius 3 is 2.21 bits per heavy atom. The van der Waals surface area contributed by atoms with E-state index < -0.39 is 15.5 Å². The Morgan fingerprint density at radius 2 is 1.71 bits per heavy atom. The highest BCUT2D eigenvalue weighted by atomic mass is 16.6. The van der Waals surface area contributed by atoms with Gasteiger partial charge >= 0.3 is 0 Å². The molecule has 0 unspecified atom stereocenters. The first kappa shape index (κ1) is 16.9. The molecule has 2 aromatic carbocycles. The van der Waals surface area contributed by atoms with E-state index in [2.05, 4.69) is 0 Å². The van der Waals surface area contributed by atoms with Crippen LogP contribution in [0.4, 0.5) is 11.4 Å². The first-order valence-electron chi connectivity index (χ1n) is 6.64. The first-order valence-corrected chi connectivity index (χ1v) is 6.64. The highest BCUT2D eigenvalue weighted by Gasteiger charge is 2.19. The molecule has 24 heavy (non-hydrogen) atoms. The summed E-state index contributed by atoms with van der Waals surface area (Å²) in [5.41, 5.74) is 0.0520. The zero-order chi connectivity index (χ0) is 17.7. The van der Waals surface area contributed by atoms with Crippen molar-refractivity contribution in [3.8, 4) is 11.5 Å². The lowest BCUT2D eigenvalue weighted by Gasteiger charge is -2.11. The first-order chi connectivity index (χ1) is 11.5. The average molecular weight is 332 g/mol. The predicted octanol–water partition coefficient (Wildman–Crippen LogP) is 2.90. The lowest BCUT2D eigenvalue weighted by Crippen LogP contribution is -2.01. The van der Waals surface area contributed by atoms with Crippen LogP contribution < -0.4 is 9.47 Å². The fraction of sp³-hybridized carbons (Fsp3) is 0.133. The Kier molecular flexibility index (Phi) is 5.05. The number of nitro groups is 2. The van der Waals surface area contributed by atoms with Crippen LogP contribution in [0.1, 0.15) is 15.9 Å². The number of aldehydes is 1. The maximum Gasteiger partial charge on any atom is 0.283 e. The van der Waals surface area contributed by atoms with Gasteiger partial charge in [-0.15, -0.1) is 0 Å². The minimum Gasteiger partial charge on any atom is -0.493 e. The van der Waals surface area contributed by atoms with Crippen LogP contribution in [0, 0.1) is 20.2 Å². The molecule has 0 saturated carbocycles. The Hall–Kier alpha value is -3.49. The molecule has 0 fully saturated rings. The normalized spacial score (nSPS) is 10.0. The van der Waals surface area contributed by atoms with Crippen LogP contribution in [0.2, 0.25) is 0 Å². The summed E-state index contributed by atoms with van der Waals surface area (Å²) >= 11 is 0. The molecular formula is C15H12N2O7. The van der Waals surface area contributed by atoms with Crippen molar-refractivity contribution in [1.82, 2.24) is 0 Å². The third kappa shape index (κ3) is 3.64. The van der Waals surface area contributed by atoms with E-state index in [1.54, 1.807) is 0 Å². The van der Waals surface area contributed by atoms with Gasteiger partial charge in [-0.25, -0.2) is 0 Å². The van der Waals surface area contributed by atoms with Gasteiger partial charge in [-0.1, -0.05) is 0 Å². The largest absolute Gasteiger partial charge is 0.493 e. The SMILES string of the molecule is COc1cc(C=O)c([N+](=O)[O-])cc1OCc1ccc([N+](=O)[O-])cc1. The highest BCUT2D eigenvalue weighted by molar-refractivity contribution is 5.83. The molecular weight excluding hydrogens is 320 g/mol. The van der Waals surface area contributed by atoms with Gasteiger partial charge in [0, 0.05) is 18.2 Å². The van der Waals surface area contributed by atoms with Crippen molar-refractivity contribution in [2.75, 3.05) is 7.11 Å². The third-order valence-electron chi connectivity index (χ3n) is 3.18. The molecule has 0 aliphatic carbocycles. The molecule has 0 aromatic heterocycles. The Balaban J connectivity index is 2.25. The van der Waals surface area contributed by atoms with Crippen molar-refractivity contribution in [2.45, 2.75) is 6.61 Å². The van der Waals surface area contributed by atoms with Gasteiger partial charge in [0.25, 0.3) is 11.4 Å². The van der Waals surface area contributed by atoms with Gasteiger partial charge in [0.05, 0.1) is 28.6 Å². The van der Waals surface area contributed by atoms with Crippen molar-refractivity contribution in [3.63, 3.8) is 0 Å². The molecule has 0 N–H and O–H groups in total. The van der Waals surface area contributed by atoms with E-state index in [9.17, 15) is 25.0 Å². The zero-order valence-corrected chi connectivity index (χ0v) is 12.5. The smallest absolute Gasteiger partial charge is 0.283 e. The summed E-state index contributed by atoms with van der Waals surface area (Å²) in [4.78, 5) is 31.3. The summed E-state index contributed by atoms with van der Waals surface area (Å²) in [6.45, 7) is 0.0198. The molecule has 0 aliphatic rings. The van der Waals surface area contributed by atoms with Crippen molar-refractivity contribution in [1.29, 1.82) is 0 Å². The number of carbonyl (C=O) groups excluding carboxylic acids is 1. The number of nitrogens with zero attached hydrogens (tertiary/aromatic N) is 2. The van der Waals surface area contributed by atoms with Crippen LogP contribution in [0.15, 0.2) is 36.4 Å². The van der Waals surface area contributed by atoms with Gasteiger partial charge < -0.3 is 9.47 Å². The van der Waals surface area contributed by atoms with Crippen LogP contribution in [0.25, 0.3) is 0 Å². The maximum atomic E-state index is 11.0. The molecule has 0 bridgehead atoms. The van der Waals surface area contributed by atoms with Gasteiger partial charge in [-0.3, -0.25) is 25.0 Å². The van der Waals surface area contributed by atoms with Crippen molar-refractivity contribution < 1.29 is 24.1 Å². The second-order valence-corrected chi connectivity index (χ2v) is 4.65. The van der Waals surface area contributed by atoms with Crippen molar-refractivity contribution >= 4 is 17.7 Å². The third-order valence-corrected chi connectivity index (χ3v) is 3.18. The number of nitro benzene ring substituents is 2. The summed E-state index contributed by atoms with van der Waals surface area (Å²) < 4.78 is 10.6. The molecule has 2 aromatic rings. The number of benzene rings is 2. The van der Waals surface area contributed by atoms with Crippen LogP contribution in [0.5, 0.6) is 11.5 Å². The van der Waals surface area contributed by atoms with Crippen molar-refractivity contribution in [3.05, 3.63) is 67.8 Å². The fourth-order valence-electron chi connectivity index (χ4n) is 1.96. The van der Waals surface area contributed by atoms with E-state index >= 15 is 0 Å². The zero-order valence-electron chi connectivity index (χ0n) is 12.5. The average Bonchev–Trinajstić information content (AvgIpc) is 2.59. The van der Waals surface area contributed by atoms with E-state index in [-0.39, 0.29) is 29.4 Å². The molecule has 0 saturated heterocycles. The highest BCUT2D eigenvalue weighted by Crippen LogP contribution is 2.34. The van der Waals surface area contributed by atoms with Crippen molar-refractivity contribution in [2.24, 2.45) is 0 Å². The van der Waals surface area contributed by atoms with Gasteiger partial charge in [0.1, 0.15) is 6.61 Å². The molecule has 0 amide bonds. The van der Waals surface area contributed by atoms with Gasteiger partial charge in [0.15, 0.2) is 17.8 Å². The number of hydrogen-bond donors (Lipinski definition) is 0. The minimum absolute atomic E-state index is 0.0198. The monoisotopic (exact) mass is 332 g/mol. The molecule has 9 heteroatoms. The number of non-ortho nitro benzene ring substituents is 1. The molecule has 0 aliphatic heterocycles. The molecule has 9 nitrogen and oxygen atoms in total. The fourth-order valence-corrected chi connectivity index (χ4v) is 1.96. The van der Waals surface area contributed by atoms with E-state index in [1.165, 1.54) is 37.4 Å². The second kappa shape index (κ2) is 7.18. The summed E-state index contributed by atoms with van der Waals surface area (Å²) in [5, 5.41) is 21.6. The number of hydrogen-bond acceptors (Lipinski definition) is 7. The molecule has 0 spiro atoms. The van der Waals surface area contributed by atoms with Crippen LogP contribution in [0.3, 0.4) is 0 Å². The van der Waals surface area contributed by atoms with E-state index in [0.717, 1.165) is 6.07 Å². The number of ether oxygens (including phenoxy) is 2. The predicted molar refractivity (Wildman–Crippen MR) is 82.5 cm³/mol. The number of rotatable bonds is 7. The minimum atomic E-state index is -0.693. The molecule has 0 radical (unpaired) electrons. The topological polar surface area (TPSA) is 122 Å².